The molecule has 2 aromatic carbocycles. The molecule has 0 unspecified atom stereocenters. The summed E-state index contributed by atoms with van der Waals surface area (Å²) in [6.07, 6.45) is -0.478. The van der Waals surface area contributed by atoms with Gasteiger partial charge in [-0.1, -0.05) is 81.4 Å². The van der Waals surface area contributed by atoms with Gasteiger partial charge in [0.15, 0.2) is 0 Å². The molecular weight excluding hydrogens is 342 g/mol. The molecule has 26 heavy (non-hydrogen) atoms. The van der Waals surface area contributed by atoms with Crippen molar-refractivity contribution in [2.24, 2.45) is 5.73 Å². The number of hydrogen-bond acceptors (Lipinski definition) is 4. The van der Waals surface area contributed by atoms with Crippen LogP contribution in [0.1, 0.15) is 27.7 Å². The molecule has 0 radical (unpaired) electrons. The number of esters is 1. The molecule has 140 valence electrons. The summed E-state index contributed by atoms with van der Waals surface area (Å²) in [4.78, 5) is 11.9. The van der Waals surface area contributed by atoms with Gasteiger partial charge >= 0.3 is 5.97 Å². The zero-order chi connectivity index (χ0) is 19.4. The van der Waals surface area contributed by atoms with E-state index in [4.69, 9.17) is 14.9 Å². The van der Waals surface area contributed by atoms with Gasteiger partial charge in [-0.2, -0.15) is 0 Å². The van der Waals surface area contributed by atoms with Gasteiger partial charge in [0.25, 0.3) is 8.32 Å². The Hall–Kier alpha value is -1.95. The van der Waals surface area contributed by atoms with Gasteiger partial charge in [0, 0.05) is 0 Å². The van der Waals surface area contributed by atoms with Crippen LogP contribution in [0.5, 0.6) is 0 Å². The zero-order valence-electron chi connectivity index (χ0n) is 16.2. The number of nitrogens with two attached hydrogens (primary N) is 1. The number of methoxy groups -OCH3 is 1. The summed E-state index contributed by atoms with van der Waals surface area (Å²) in [6, 6.07) is 19.7. The van der Waals surface area contributed by atoms with Crippen molar-refractivity contribution in [3.05, 3.63) is 60.7 Å². The third kappa shape index (κ3) is 3.90. The molecular formula is C21H29NO3Si. The lowest BCUT2D eigenvalue weighted by Crippen LogP contribution is -2.69. The molecule has 2 atom stereocenters. The second-order valence-electron chi connectivity index (χ2n) is 7.54. The highest BCUT2D eigenvalue weighted by molar-refractivity contribution is 6.99. The van der Waals surface area contributed by atoms with Crippen molar-refractivity contribution >= 4 is 24.7 Å². The molecule has 0 amide bonds. The van der Waals surface area contributed by atoms with Crippen LogP contribution in [0.15, 0.2) is 60.7 Å². The SMILES string of the molecule is COC(=O)[C@@H](N)[C@@H](C)O[Si](c1ccccc1)(c1ccccc1)C(C)(C)C. The minimum Gasteiger partial charge on any atom is -0.468 e. The van der Waals surface area contributed by atoms with Crippen LogP contribution in [0.4, 0.5) is 0 Å². The lowest BCUT2D eigenvalue weighted by molar-refractivity contribution is -0.144. The fourth-order valence-corrected chi connectivity index (χ4v) is 8.09. The first-order valence-electron chi connectivity index (χ1n) is 8.86. The summed E-state index contributed by atoms with van der Waals surface area (Å²) in [6.45, 7) is 8.42. The molecule has 0 heterocycles. The predicted octanol–water partition coefficient (Wildman–Crippen LogP) is 2.45. The van der Waals surface area contributed by atoms with E-state index in [0.29, 0.717) is 0 Å². The maximum atomic E-state index is 11.9. The van der Waals surface area contributed by atoms with Crippen LogP contribution in [0, 0.1) is 0 Å². The van der Waals surface area contributed by atoms with E-state index in [9.17, 15) is 4.79 Å². The number of rotatable bonds is 6. The van der Waals surface area contributed by atoms with Crippen LogP contribution in [0.2, 0.25) is 5.04 Å². The summed E-state index contributed by atoms with van der Waals surface area (Å²) in [5.74, 6) is -0.463. The van der Waals surface area contributed by atoms with Crippen LogP contribution in [-0.4, -0.2) is 33.5 Å². The molecule has 0 spiro atoms. The number of carbonyl (C=O) groups is 1. The van der Waals surface area contributed by atoms with E-state index in [-0.39, 0.29) is 5.04 Å². The van der Waals surface area contributed by atoms with Gasteiger partial charge in [-0.25, -0.2) is 0 Å². The van der Waals surface area contributed by atoms with Gasteiger partial charge in [-0.3, -0.25) is 4.79 Å². The van der Waals surface area contributed by atoms with Gasteiger partial charge < -0.3 is 14.9 Å². The summed E-state index contributed by atoms with van der Waals surface area (Å²) >= 11 is 0. The van der Waals surface area contributed by atoms with E-state index in [0.717, 1.165) is 10.4 Å². The zero-order valence-corrected chi connectivity index (χ0v) is 17.2. The van der Waals surface area contributed by atoms with E-state index < -0.39 is 26.4 Å². The highest BCUT2D eigenvalue weighted by atomic mass is 28.4. The largest absolute Gasteiger partial charge is 0.468 e. The number of ether oxygens (including phenoxy) is 1. The van der Waals surface area contributed by atoms with E-state index in [1.54, 1.807) is 0 Å². The van der Waals surface area contributed by atoms with Crippen molar-refractivity contribution in [1.82, 2.24) is 0 Å². The van der Waals surface area contributed by atoms with Crippen molar-refractivity contribution in [3.8, 4) is 0 Å². The number of hydrogen-bond donors (Lipinski definition) is 1. The van der Waals surface area contributed by atoms with Crippen LogP contribution in [0.25, 0.3) is 0 Å². The first-order valence-corrected chi connectivity index (χ1v) is 10.8. The molecule has 0 aliphatic heterocycles. The second kappa shape index (κ2) is 8.16. The quantitative estimate of drug-likeness (QED) is 0.626. The minimum atomic E-state index is -2.72. The van der Waals surface area contributed by atoms with Crippen molar-refractivity contribution in [3.63, 3.8) is 0 Å². The van der Waals surface area contributed by atoms with E-state index in [2.05, 4.69) is 45.0 Å². The van der Waals surface area contributed by atoms with E-state index in [1.807, 2.05) is 43.3 Å². The first kappa shape index (κ1) is 20.4. The first-order chi connectivity index (χ1) is 12.2. The fourth-order valence-electron chi connectivity index (χ4n) is 3.37. The molecule has 0 saturated heterocycles. The lowest BCUT2D eigenvalue weighted by atomic mass is 10.2. The molecule has 0 aliphatic carbocycles. The van der Waals surface area contributed by atoms with Crippen molar-refractivity contribution < 1.29 is 14.0 Å². The Balaban J connectivity index is 2.63. The lowest BCUT2D eigenvalue weighted by Gasteiger charge is -2.45. The third-order valence-corrected chi connectivity index (χ3v) is 9.89. The third-order valence-electron chi connectivity index (χ3n) is 4.76. The van der Waals surface area contributed by atoms with Crippen molar-refractivity contribution in [2.75, 3.05) is 7.11 Å². The summed E-state index contributed by atoms with van der Waals surface area (Å²) < 4.78 is 11.6. The molecule has 0 bridgehead atoms. The van der Waals surface area contributed by atoms with Crippen LogP contribution < -0.4 is 16.1 Å². The van der Waals surface area contributed by atoms with E-state index in [1.165, 1.54) is 7.11 Å². The maximum absolute atomic E-state index is 11.9. The molecule has 4 nitrogen and oxygen atoms in total. The van der Waals surface area contributed by atoms with Crippen molar-refractivity contribution in [1.29, 1.82) is 0 Å². The minimum absolute atomic E-state index is 0.167. The highest BCUT2D eigenvalue weighted by Crippen LogP contribution is 2.37. The molecule has 0 saturated carbocycles. The number of benzene rings is 2. The highest BCUT2D eigenvalue weighted by Gasteiger charge is 2.51. The smallest absolute Gasteiger partial charge is 0.325 e. The Kier molecular flexibility index (Phi) is 6.39. The normalized spacial score (nSPS) is 14.5. The Morgan fingerprint density at radius 3 is 1.73 bits per heavy atom. The fraction of sp³-hybridized carbons (Fsp3) is 0.381. The Morgan fingerprint density at radius 2 is 1.38 bits per heavy atom. The molecule has 5 heteroatoms. The average Bonchev–Trinajstić information content (AvgIpc) is 2.65. The van der Waals surface area contributed by atoms with Crippen LogP contribution in [0.3, 0.4) is 0 Å². The van der Waals surface area contributed by atoms with Gasteiger partial charge in [0.05, 0.1) is 13.2 Å². The van der Waals surface area contributed by atoms with Gasteiger partial charge in [0.1, 0.15) is 6.04 Å². The number of carbonyl (C=O) groups excluding carboxylic acids is 1. The predicted molar refractivity (Wildman–Crippen MR) is 108 cm³/mol. The maximum Gasteiger partial charge on any atom is 0.325 e. The molecule has 2 rings (SSSR count). The van der Waals surface area contributed by atoms with Crippen molar-refractivity contribution in [2.45, 2.75) is 44.9 Å². The summed E-state index contributed by atoms with van der Waals surface area (Å²) in [7, 11) is -1.38. The summed E-state index contributed by atoms with van der Waals surface area (Å²) in [5.41, 5.74) is 6.10. The van der Waals surface area contributed by atoms with Gasteiger partial charge in [-0.15, -0.1) is 0 Å². The standard InChI is InChI=1S/C21H29NO3Si/c1-16(19(22)20(23)24-5)25-26(21(2,3)4,17-12-8-6-9-13-17)18-14-10-7-11-15-18/h6-16,19H,22H2,1-5H3/t16-,19+/m1/s1. The topological polar surface area (TPSA) is 61.5 Å². The van der Waals surface area contributed by atoms with Crippen LogP contribution >= 0.6 is 0 Å². The molecule has 2 aromatic rings. The van der Waals surface area contributed by atoms with E-state index >= 15 is 0 Å². The van der Waals surface area contributed by atoms with Crippen LogP contribution in [-0.2, 0) is 14.0 Å². The monoisotopic (exact) mass is 371 g/mol. The Bertz CT molecular complexity index is 674. The Labute approximate surface area is 157 Å². The molecule has 0 aliphatic rings. The molecule has 2 N–H and O–H groups in total. The second-order valence-corrected chi connectivity index (χ2v) is 11.8. The molecule has 0 aromatic heterocycles. The molecule has 0 fully saturated rings. The summed E-state index contributed by atoms with van der Waals surface area (Å²) in [5, 5.41) is 2.14. The van der Waals surface area contributed by atoms with Gasteiger partial charge in [-0.05, 0) is 22.3 Å². The average molecular weight is 372 g/mol. The van der Waals surface area contributed by atoms with Gasteiger partial charge in [0.2, 0.25) is 0 Å². The Morgan fingerprint density at radius 1 is 0.962 bits per heavy atom.